The van der Waals surface area contributed by atoms with Crippen molar-refractivity contribution >= 4 is 23.3 Å². The van der Waals surface area contributed by atoms with Crippen LogP contribution >= 0.6 is 11.8 Å². The smallest absolute Gasteiger partial charge is 0.123 e. The molecule has 0 amide bonds. The molecule has 3 nitrogen and oxygen atoms in total. The standard InChI is InChI=1S/C10H17N3S/c1-10(2,14-3)7-13-8-4-5-9(11)12-6-8/h4-6,13H,7H2,1-3H3,(H2,11,12). The lowest BCUT2D eigenvalue weighted by atomic mass is 10.2. The lowest BCUT2D eigenvalue weighted by Gasteiger charge is -2.22. The summed E-state index contributed by atoms with van der Waals surface area (Å²) in [5.41, 5.74) is 6.51. The SMILES string of the molecule is CSC(C)(C)CNc1ccc(N)nc1. The summed E-state index contributed by atoms with van der Waals surface area (Å²) in [6.07, 6.45) is 3.87. The molecule has 0 unspecified atom stereocenters. The molecule has 0 bridgehead atoms. The molecule has 0 spiro atoms. The Labute approximate surface area is 89.5 Å². The fourth-order valence-corrected chi connectivity index (χ4v) is 1.11. The molecule has 3 N–H and O–H groups in total. The van der Waals surface area contributed by atoms with Gasteiger partial charge in [-0.2, -0.15) is 11.8 Å². The van der Waals surface area contributed by atoms with E-state index in [1.54, 1.807) is 12.3 Å². The summed E-state index contributed by atoms with van der Waals surface area (Å²) in [6, 6.07) is 3.74. The topological polar surface area (TPSA) is 50.9 Å². The van der Waals surface area contributed by atoms with Crippen molar-refractivity contribution in [2.75, 3.05) is 23.9 Å². The zero-order valence-corrected chi connectivity index (χ0v) is 9.69. The Balaban J connectivity index is 2.50. The molecule has 1 aromatic heterocycles. The van der Waals surface area contributed by atoms with Gasteiger partial charge in [0.1, 0.15) is 5.82 Å². The first-order valence-corrected chi connectivity index (χ1v) is 5.76. The van der Waals surface area contributed by atoms with Crippen LogP contribution in [-0.2, 0) is 0 Å². The highest BCUT2D eigenvalue weighted by Crippen LogP contribution is 2.21. The van der Waals surface area contributed by atoms with Gasteiger partial charge in [-0.25, -0.2) is 4.98 Å². The van der Waals surface area contributed by atoms with Crippen molar-refractivity contribution in [3.05, 3.63) is 18.3 Å². The fraction of sp³-hybridized carbons (Fsp3) is 0.500. The number of thioether (sulfide) groups is 1. The number of nitrogens with one attached hydrogen (secondary N) is 1. The maximum Gasteiger partial charge on any atom is 0.123 e. The number of hydrogen-bond acceptors (Lipinski definition) is 4. The van der Waals surface area contributed by atoms with E-state index in [1.807, 2.05) is 17.8 Å². The van der Waals surface area contributed by atoms with Gasteiger partial charge in [0.05, 0.1) is 11.9 Å². The molecule has 0 saturated carbocycles. The number of nitrogens with two attached hydrogens (primary N) is 1. The number of anilines is 2. The lowest BCUT2D eigenvalue weighted by molar-refractivity contribution is 0.752. The van der Waals surface area contributed by atoms with Crippen LogP contribution in [0.15, 0.2) is 18.3 Å². The molecule has 1 heterocycles. The minimum Gasteiger partial charge on any atom is -0.384 e. The van der Waals surface area contributed by atoms with Crippen molar-refractivity contribution in [3.63, 3.8) is 0 Å². The number of pyridine rings is 1. The zero-order chi connectivity index (χ0) is 10.6. The van der Waals surface area contributed by atoms with Crippen LogP contribution in [0.5, 0.6) is 0 Å². The molecule has 78 valence electrons. The van der Waals surface area contributed by atoms with E-state index in [9.17, 15) is 0 Å². The molecule has 0 saturated heterocycles. The van der Waals surface area contributed by atoms with Gasteiger partial charge >= 0.3 is 0 Å². The molecule has 0 fully saturated rings. The highest BCUT2D eigenvalue weighted by Gasteiger charge is 2.14. The van der Waals surface area contributed by atoms with Gasteiger partial charge in [0.25, 0.3) is 0 Å². The summed E-state index contributed by atoms with van der Waals surface area (Å²) in [4.78, 5) is 4.01. The Bertz CT molecular complexity index is 282. The van der Waals surface area contributed by atoms with Crippen molar-refractivity contribution < 1.29 is 0 Å². The van der Waals surface area contributed by atoms with Crippen LogP contribution in [0, 0.1) is 0 Å². The predicted octanol–water partition coefficient (Wildman–Crippen LogP) is 2.22. The monoisotopic (exact) mass is 211 g/mol. The van der Waals surface area contributed by atoms with E-state index in [4.69, 9.17) is 5.73 Å². The van der Waals surface area contributed by atoms with Crippen molar-refractivity contribution in [2.24, 2.45) is 0 Å². The van der Waals surface area contributed by atoms with E-state index in [2.05, 4.69) is 30.4 Å². The van der Waals surface area contributed by atoms with Crippen molar-refractivity contribution in [1.82, 2.24) is 4.98 Å². The van der Waals surface area contributed by atoms with Gasteiger partial charge in [-0.1, -0.05) is 0 Å². The van der Waals surface area contributed by atoms with Gasteiger partial charge in [0.15, 0.2) is 0 Å². The normalized spacial score (nSPS) is 11.4. The Morgan fingerprint density at radius 2 is 2.21 bits per heavy atom. The third kappa shape index (κ3) is 3.46. The first-order valence-electron chi connectivity index (χ1n) is 4.54. The van der Waals surface area contributed by atoms with Crippen molar-refractivity contribution in [3.8, 4) is 0 Å². The molecule has 1 rings (SSSR count). The third-order valence-electron chi connectivity index (χ3n) is 2.06. The number of rotatable bonds is 4. The summed E-state index contributed by atoms with van der Waals surface area (Å²) in [5, 5.41) is 3.32. The minimum atomic E-state index is 0.237. The van der Waals surface area contributed by atoms with E-state index >= 15 is 0 Å². The summed E-state index contributed by atoms with van der Waals surface area (Å²) in [5.74, 6) is 0.555. The molecule has 1 aromatic rings. The van der Waals surface area contributed by atoms with Crippen LogP contribution in [0.2, 0.25) is 0 Å². The van der Waals surface area contributed by atoms with Crippen molar-refractivity contribution in [2.45, 2.75) is 18.6 Å². The maximum absolute atomic E-state index is 5.49. The van der Waals surface area contributed by atoms with Gasteiger partial charge in [-0.15, -0.1) is 0 Å². The number of hydrogen-bond donors (Lipinski definition) is 2. The van der Waals surface area contributed by atoms with Crippen LogP contribution in [0.3, 0.4) is 0 Å². The average molecular weight is 211 g/mol. The molecule has 14 heavy (non-hydrogen) atoms. The Kier molecular flexibility index (Phi) is 3.63. The van der Waals surface area contributed by atoms with Crippen molar-refractivity contribution in [1.29, 1.82) is 0 Å². The molecule has 0 aliphatic carbocycles. The van der Waals surface area contributed by atoms with Crippen LogP contribution in [-0.4, -0.2) is 22.5 Å². The number of nitrogen functional groups attached to an aromatic ring is 1. The van der Waals surface area contributed by atoms with E-state index in [-0.39, 0.29) is 4.75 Å². The second kappa shape index (κ2) is 4.55. The number of nitrogens with zero attached hydrogens (tertiary/aromatic N) is 1. The first-order chi connectivity index (χ1) is 6.53. The molecular weight excluding hydrogens is 194 g/mol. The Hall–Kier alpha value is -0.900. The van der Waals surface area contributed by atoms with Gasteiger partial charge in [0.2, 0.25) is 0 Å². The highest BCUT2D eigenvalue weighted by atomic mass is 32.2. The van der Waals surface area contributed by atoms with Gasteiger partial charge < -0.3 is 11.1 Å². The largest absolute Gasteiger partial charge is 0.384 e. The fourth-order valence-electron chi connectivity index (χ4n) is 0.897. The first kappa shape index (κ1) is 11.2. The minimum absolute atomic E-state index is 0.237. The van der Waals surface area contributed by atoms with Crippen LogP contribution in [0.1, 0.15) is 13.8 Å². The highest BCUT2D eigenvalue weighted by molar-refractivity contribution is 7.99. The van der Waals surface area contributed by atoms with E-state index in [0.29, 0.717) is 5.82 Å². The van der Waals surface area contributed by atoms with E-state index in [0.717, 1.165) is 12.2 Å². The summed E-state index contributed by atoms with van der Waals surface area (Å²) in [6.45, 7) is 5.32. The quantitative estimate of drug-likeness (QED) is 0.801. The van der Waals surface area contributed by atoms with Crippen LogP contribution in [0.4, 0.5) is 11.5 Å². The summed E-state index contributed by atoms with van der Waals surface area (Å²) < 4.78 is 0.237. The predicted molar refractivity (Wildman–Crippen MR) is 64.7 cm³/mol. The molecule has 0 atom stereocenters. The lowest BCUT2D eigenvalue weighted by Crippen LogP contribution is -2.25. The van der Waals surface area contributed by atoms with E-state index < -0.39 is 0 Å². The van der Waals surface area contributed by atoms with E-state index in [1.165, 1.54) is 0 Å². The number of aromatic nitrogens is 1. The summed E-state index contributed by atoms with van der Waals surface area (Å²) in [7, 11) is 0. The second-order valence-electron chi connectivity index (χ2n) is 3.79. The molecule has 0 aromatic carbocycles. The second-order valence-corrected chi connectivity index (χ2v) is 5.30. The van der Waals surface area contributed by atoms with Crippen LogP contribution < -0.4 is 11.1 Å². The van der Waals surface area contributed by atoms with Gasteiger partial charge in [-0.05, 0) is 32.2 Å². The summed E-state index contributed by atoms with van der Waals surface area (Å²) >= 11 is 1.84. The van der Waals surface area contributed by atoms with Crippen LogP contribution in [0.25, 0.3) is 0 Å². The Morgan fingerprint density at radius 1 is 1.50 bits per heavy atom. The zero-order valence-electron chi connectivity index (χ0n) is 8.87. The van der Waals surface area contributed by atoms with Gasteiger partial charge in [0, 0.05) is 11.3 Å². The molecule has 0 radical (unpaired) electrons. The van der Waals surface area contributed by atoms with Gasteiger partial charge in [-0.3, -0.25) is 0 Å². The molecule has 0 aliphatic heterocycles. The molecular formula is C10H17N3S. The average Bonchev–Trinajstić information content (AvgIpc) is 2.17. The molecule has 0 aliphatic rings. The molecule has 4 heteroatoms. The maximum atomic E-state index is 5.49. The third-order valence-corrected chi connectivity index (χ3v) is 3.31. The Morgan fingerprint density at radius 3 is 2.71 bits per heavy atom.